The first-order chi connectivity index (χ1) is 5.29. The fourth-order valence-corrected chi connectivity index (χ4v) is 1.08. The van der Waals surface area contributed by atoms with Crippen molar-refractivity contribution in [3.05, 3.63) is 23.8 Å². The average molecular weight is 146 g/mol. The summed E-state index contributed by atoms with van der Waals surface area (Å²) in [6, 6.07) is 5.83. The van der Waals surface area contributed by atoms with Gasteiger partial charge in [0.1, 0.15) is 13.6 Å². The molecule has 0 spiro atoms. The molecule has 0 aromatic heterocycles. The molecule has 56 valence electrons. The second kappa shape index (κ2) is 3.47. The smallest absolute Gasteiger partial charge is 0.119 e. The van der Waals surface area contributed by atoms with Gasteiger partial charge < -0.3 is 4.74 Å². The first-order valence-electron chi connectivity index (χ1n) is 3.71. The number of hydrogen-bond acceptors (Lipinski definition) is 1. The highest BCUT2D eigenvalue weighted by atomic mass is 16.5. The summed E-state index contributed by atoms with van der Waals surface area (Å²) in [6.45, 7) is 2.07. The molecule has 11 heavy (non-hydrogen) atoms. The SMILES string of the molecule is [B]c1c(CC)cccc1OC. The zero-order valence-electron chi connectivity index (χ0n) is 6.92. The minimum absolute atomic E-state index is 0.762. The Morgan fingerprint density at radius 3 is 2.73 bits per heavy atom. The Hall–Kier alpha value is -0.915. The van der Waals surface area contributed by atoms with Crippen molar-refractivity contribution in [1.82, 2.24) is 0 Å². The van der Waals surface area contributed by atoms with Gasteiger partial charge in [0, 0.05) is 0 Å². The molecule has 2 radical (unpaired) electrons. The molecule has 0 unspecified atom stereocenters. The molecule has 0 aliphatic rings. The summed E-state index contributed by atoms with van der Waals surface area (Å²) >= 11 is 0. The summed E-state index contributed by atoms with van der Waals surface area (Å²) in [4.78, 5) is 0. The molecular weight excluding hydrogens is 135 g/mol. The number of methoxy groups -OCH3 is 1. The minimum atomic E-state index is 0.762. The predicted octanol–water partition coefficient (Wildman–Crippen LogP) is 1.05. The number of benzene rings is 1. The van der Waals surface area contributed by atoms with Gasteiger partial charge in [0.25, 0.3) is 0 Å². The van der Waals surface area contributed by atoms with E-state index in [1.807, 2.05) is 18.2 Å². The van der Waals surface area contributed by atoms with Gasteiger partial charge in [-0.25, -0.2) is 0 Å². The molecule has 0 atom stereocenters. The molecule has 0 N–H and O–H groups in total. The van der Waals surface area contributed by atoms with E-state index in [2.05, 4.69) is 6.92 Å². The van der Waals surface area contributed by atoms with E-state index < -0.39 is 0 Å². The number of ether oxygens (including phenoxy) is 1. The maximum absolute atomic E-state index is 5.78. The Kier molecular flexibility index (Phi) is 2.58. The van der Waals surface area contributed by atoms with Gasteiger partial charge in [0.05, 0.1) is 7.11 Å². The highest BCUT2D eigenvalue weighted by Crippen LogP contribution is 2.08. The summed E-state index contributed by atoms with van der Waals surface area (Å²) in [5.41, 5.74) is 1.90. The Morgan fingerprint density at radius 2 is 2.18 bits per heavy atom. The van der Waals surface area contributed by atoms with Crippen LogP contribution in [0.2, 0.25) is 0 Å². The highest BCUT2D eigenvalue weighted by molar-refractivity contribution is 6.35. The maximum atomic E-state index is 5.78. The van der Waals surface area contributed by atoms with Gasteiger partial charge >= 0.3 is 0 Å². The molecule has 1 nitrogen and oxygen atoms in total. The first kappa shape index (κ1) is 8.18. The van der Waals surface area contributed by atoms with E-state index in [1.54, 1.807) is 7.11 Å². The maximum Gasteiger partial charge on any atom is 0.119 e. The molecule has 2 heteroatoms. The molecule has 0 aliphatic carbocycles. The lowest BCUT2D eigenvalue weighted by Crippen LogP contribution is -2.12. The quantitative estimate of drug-likeness (QED) is 0.566. The second-order valence-electron chi connectivity index (χ2n) is 2.39. The summed E-state index contributed by atoms with van der Waals surface area (Å²) < 4.78 is 5.06. The summed E-state index contributed by atoms with van der Waals surface area (Å²) in [7, 11) is 7.41. The van der Waals surface area contributed by atoms with Crippen LogP contribution < -0.4 is 10.2 Å². The van der Waals surface area contributed by atoms with Crippen molar-refractivity contribution in [1.29, 1.82) is 0 Å². The van der Waals surface area contributed by atoms with Crippen LogP contribution in [0.3, 0.4) is 0 Å². The van der Waals surface area contributed by atoms with Crippen LogP contribution in [0, 0.1) is 0 Å². The van der Waals surface area contributed by atoms with Gasteiger partial charge in [-0.3, -0.25) is 0 Å². The van der Waals surface area contributed by atoms with Crippen molar-refractivity contribution in [2.75, 3.05) is 7.11 Å². The third kappa shape index (κ3) is 1.56. The van der Waals surface area contributed by atoms with Crippen molar-refractivity contribution >= 4 is 13.3 Å². The van der Waals surface area contributed by atoms with Crippen LogP contribution in [-0.2, 0) is 6.42 Å². The molecule has 0 heterocycles. The molecule has 1 aromatic carbocycles. The second-order valence-corrected chi connectivity index (χ2v) is 2.39. The van der Waals surface area contributed by atoms with Crippen LogP contribution >= 0.6 is 0 Å². The van der Waals surface area contributed by atoms with Gasteiger partial charge in [-0.15, -0.1) is 0 Å². The fraction of sp³-hybridized carbons (Fsp3) is 0.333. The van der Waals surface area contributed by atoms with E-state index in [0.717, 1.165) is 23.2 Å². The molecule has 0 saturated heterocycles. The molecule has 0 bridgehead atoms. The number of hydrogen-bond donors (Lipinski definition) is 0. The number of rotatable bonds is 2. The number of aryl methyl sites for hydroxylation is 1. The van der Waals surface area contributed by atoms with E-state index in [0.29, 0.717) is 0 Å². The third-order valence-electron chi connectivity index (χ3n) is 1.76. The van der Waals surface area contributed by atoms with Crippen LogP contribution in [0.4, 0.5) is 0 Å². The molecule has 0 amide bonds. The van der Waals surface area contributed by atoms with Crippen LogP contribution in [-0.4, -0.2) is 15.0 Å². The van der Waals surface area contributed by atoms with E-state index in [1.165, 1.54) is 0 Å². The molecular formula is C9H11BO. The third-order valence-corrected chi connectivity index (χ3v) is 1.76. The molecule has 0 fully saturated rings. The van der Waals surface area contributed by atoms with E-state index in [-0.39, 0.29) is 0 Å². The lowest BCUT2D eigenvalue weighted by molar-refractivity contribution is 0.418. The lowest BCUT2D eigenvalue weighted by Gasteiger charge is -2.08. The van der Waals surface area contributed by atoms with Crippen LogP contribution in [0.25, 0.3) is 0 Å². The van der Waals surface area contributed by atoms with Crippen molar-refractivity contribution in [3.63, 3.8) is 0 Å². The largest absolute Gasteiger partial charge is 0.497 e. The standard InChI is InChI=1S/C9H11BO/c1-3-7-5-4-6-8(11-2)9(7)10/h4-6H,3H2,1-2H3. The van der Waals surface area contributed by atoms with Crippen molar-refractivity contribution < 1.29 is 4.74 Å². The highest BCUT2D eigenvalue weighted by Gasteiger charge is 1.99. The monoisotopic (exact) mass is 146 g/mol. The Bertz CT molecular complexity index is 223. The Balaban J connectivity index is 3.10. The minimum Gasteiger partial charge on any atom is -0.497 e. The zero-order chi connectivity index (χ0) is 8.27. The average Bonchev–Trinajstić information content (AvgIpc) is 2.05. The predicted molar refractivity (Wildman–Crippen MR) is 47.8 cm³/mol. The Labute approximate surface area is 68.8 Å². The van der Waals surface area contributed by atoms with E-state index in [4.69, 9.17) is 12.6 Å². The molecule has 1 rings (SSSR count). The van der Waals surface area contributed by atoms with Crippen molar-refractivity contribution in [3.8, 4) is 5.75 Å². The van der Waals surface area contributed by atoms with Crippen LogP contribution in [0.5, 0.6) is 5.75 Å². The fourth-order valence-electron chi connectivity index (χ4n) is 1.08. The van der Waals surface area contributed by atoms with Crippen molar-refractivity contribution in [2.45, 2.75) is 13.3 Å². The van der Waals surface area contributed by atoms with Crippen molar-refractivity contribution in [2.24, 2.45) is 0 Å². The lowest BCUT2D eigenvalue weighted by atomic mass is 9.88. The van der Waals surface area contributed by atoms with Gasteiger partial charge in [0.15, 0.2) is 0 Å². The normalized spacial score (nSPS) is 9.64. The molecule has 0 saturated carbocycles. The first-order valence-corrected chi connectivity index (χ1v) is 3.71. The summed E-state index contributed by atoms with van der Waals surface area (Å²) in [5, 5.41) is 0. The van der Waals surface area contributed by atoms with E-state index >= 15 is 0 Å². The topological polar surface area (TPSA) is 9.23 Å². The summed E-state index contributed by atoms with van der Waals surface area (Å²) in [5.74, 6) is 0.768. The van der Waals surface area contributed by atoms with Gasteiger partial charge in [-0.2, -0.15) is 0 Å². The molecule has 0 aliphatic heterocycles. The van der Waals surface area contributed by atoms with Gasteiger partial charge in [0.2, 0.25) is 0 Å². The van der Waals surface area contributed by atoms with Crippen LogP contribution in [0.1, 0.15) is 12.5 Å². The van der Waals surface area contributed by atoms with Crippen LogP contribution in [0.15, 0.2) is 18.2 Å². The van der Waals surface area contributed by atoms with Gasteiger partial charge in [-0.1, -0.05) is 30.1 Å². The van der Waals surface area contributed by atoms with E-state index in [9.17, 15) is 0 Å². The zero-order valence-corrected chi connectivity index (χ0v) is 6.92. The molecule has 1 aromatic rings. The summed E-state index contributed by atoms with van der Waals surface area (Å²) in [6.07, 6.45) is 0.947. The van der Waals surface area contributed by atoms with Gasteiger partial charge in [-0.05, 0) is 12.5 Å². The Morgan fingerprint density at radius 1 is 1.45 bits per heavy atom.